The van der Waals surface area contributed by atoms with Crippen LogP contribution in [0.25, 0.3) is 0 Å². The van der Waals surface area contributed by atoms with E-state index >= 15 is 0 Å². The Bertz CT molecular complexity index is 572. The Kier molecular flexibility index (Phi) is 3.94. The summed E-state index contributed by atoms with van der Waals surface area (Å²) in [5.41, 5.74) is 0.755. The molecule has 0 unspecified atom stereocenters. The molecule has 1 aromatic heterocycles. The van der Waals surface area contributed by atoms with Gasteiger partial charge in [0.1, 0.15) is 12.4 Å². The molecule has 2 aromatic rings. The van der Waals surface area contributed by atoms with E-state index in [1.54, 1.807) is 12.3 Å². The summed E-state index contributed by atoms with van der Waals surface area (Å²) < 4.78 is 6.45. The maximum Gasteiger partial charge on any atom is 0.337 e. The summed E-state index contributed by atoms with van der Waals surface area (Å²) in [5, 5.41) is 9.00. The normalized spacial score (nSPS) is 10.1. The molecular weight excluding hydrogens is 298 g/mol. The van der Waals surface area contributed by atoms with Gasteiger partial charge < -0.3 is 9.84 Å². The van der Waals surface area contributed by atoms with E-state index in [1.807, 2.05) is 24.3 Å². The first kappa shape index (κ1) is 12.6. The number of rotatable bonds is 4. The summed E-state index contributed by atoms with van der Waals surface area (Å²) in [7, 11) is 0. The molecule has 0 aliphatic heterocycles. The van der Waals surface area contributed by atoms with Gasteiger partial charge in [-0.15, -0.1) is 0 Å². The fourth-order valence-electron chi connectivity index (χ4n) is 1.46. The fourth-order valence-corrected chi connectivity index (χ4v) is 1.84. The number of ether oxygens (including phenoxy) is 1. The van der Waals surface area contributed by atoms with Crippen molar-refractivity contribution < 1.29 is 14.6 Å². The van der Waals surface area contributed by atoms with E-state index in [1.165, 1.54) is 6.20 Å². The number of aromatic carboxylic acids is 1. The van der Waals surface area contributed by atoms with Crippen molar-refractivity contribution in [1.29, 1.82) is 0 Å². The van der Waals surface area contributed by atoms with Crippen LogP contribution in [0.15, 0.2) is 47.2 Å². The second-order valence-electron chi connectivity index (χ2n) is 3.58. The van der Waals surface area contributed by atoms with Gasteiger partial charge in [-0.2, -0.15) is 0 Å². The molecule has 1 aromatic carbocycles. The van der Waals surface area contributed by atoms with Crippen molar-refractivity contribution in [3.8, 4) is 5.75 Å². The van der Waals surface area contributed by atoms with Gasteiger partial charge in [0.25, 0.3) is 0 Å². The highest BCUT2D eigenvalue weighted by Gasteiger charge is 2.10. The predicted octanol–water partition coefficient (Wildman–Crippen LogP) is 3.12. The Balaban J connectivity index is 2.13. The molecule has 0 aliphatic carbocycles. The zero-order valence-electron chi connectivity index (χ0n) is 9.34. The van der Waals surface area contributed by atoms with Crippen molar-refractivity contribution >= 4 is 21.9 Å². The van der Waals surface area contributed by atoms with E-state index in [-0.39, 0.29) is 12.2 Å². The lowest BCUT2D eigenvalue weighted by Gasteiger charge is -2.08. The van der Waals surface area contributed by atoms with Crippen molar-refractivity contribution in [3.05, 3.63) is 58.3 Å². The molecule has 4 nitrogen and oxygen atoms in total. The van der Waals surface area contributed by atoms with Crippen LogP contribution in [0.2, 0.25) is 0 Å². The molecule has 0 saturated carbocycles. The molecule has 0 spiro atoms. The highest BCUT2D eigenvalue weighted by molar-refractivity contribution is 9.10. The average molecular weight is 308 g/mol. The van der Waals surface area contributed by atoms with Crippen LogP contribution in [-0.2, 0) is 6.61 Å². The van der Waals surface area contributed by atoms with Gasteiger partial charge in [-0.05, 0) is 24.3 Å². The van der Waals surface area contributed by atoms with E-state index in [0.717, 1.165) is 4.47 Å². The standard InChI is InChI=1S/C13H10BrNO3/c14-10-2-1-3-11(6-10)18-8-9-4-5-15-7-12(9)13(16)17/h1-7H,8H2,(H,16,17). The van der Waals surface area contributed by atoms with Crippen LogP contribution in [0.4, 0.5) is 0 Å². The van der Waals surface area contributed by atoms with Crippen molar-refractivity contribution in [2.45, 2.75) is 6.61 Å². The van der Waals surface area contributed by atoms with Crippen LogP contribution < -0.4 is 4.74 Å². The largest absolute Gasteiger partial charge is 0.489 e. The first-order chi connectivity index (χ1) is 8.66. The van der Waals surface area contributed by atoms with E-state index in [0.29, 0.717) is 11.3 Å². The number of aromatic nitrogens is 1. The minimum Gasteiger partial charge on any atom is -0.489 e. The van der Waals surface area contributed by atoms with Crippen molar-refractivity contribution in [3.63, 3.8) is 0 Å². The molecule has 0 fully saturated rings. The molecule has 0 amide bonds. The number of carbonyl (C=O) groups is 1. The van der Waals surface area contributed by atoms with Gasteiger partial charge in [-0.25, -0.2) is 4.79 Å². The molecule has 1 heterocycles. The van der Waals surface area contributed by atoms with E-state index in [2.05, 4.69) is 20.9 Å². The zero-order valence-corrected chi connectivity index (χ0v) is 10.9. The summed E-state index contributed by atoms with van der Waals surface area (Å²) >= 11 is 3.34. The fraction of sp³-hybridized carbons (Fsp3) is 0.0769. The van der Waals surface area contributed by atoms with Gasteiger partial charge in [0.05, 0.1) is 5.56 Å². The summed E-state index contributed by atoms with van der Waals surface area (Å²) in [6, 6.07) is 9.02. The maximum absolute atomic E-state index is 11.0. The van der Waals surface area contributed by atoms with Gasteiger partial charge in [-0.1, -0.05) is 22.0 Å². The first-order valence-corrected chi connectivity index (χ1v) is 6.00. The smallest absolute Gasteiger partial charge is 0.337 e. The minimum atomic E-state index is -1.00. The van der Waals surface area contributed by atoms with E-state index in [9.17, 15) is 4.79 Å². The lowest BCUT2D eigenvalue weighted by atomic mass is 10.1. The molecule has 0 saturated heterocycles. The van der Waals surface area contributed by atoms with Gasteiger partial charge in [0, 0.05) is 22.4 Å². The number of hydrogen-bond acceptors (Lipinski definition) is 3. The molecular formula is C13H10BrNO3. The highest BCUT2D eigenvalue weighted by atomic mass is 79.9. The number of hydrogen-bond donors (Lipinski definition) is 1. The van der Waals surface area contributed by atoms with Crippen molar-refractivity contribution in [2.24, 2.45) is 0 Å². The molecule has 0 bridgehead atoms. The third kappa shape index (κ3) is 3.07. The molecule has 2 rings (SSSR count). The second kappa shape index (κ2) is 5.64. The van der Waals surface area contributed by atoms with Crippen molar-refractivity contribution in [2.75, 3.05) is 0 Å². The molecule has 92 valence electrons. The minimum absolute atomic E-state index is 0.160. The number of benzene rings is 1. The van der Waals surface area contributed by atoms with E-state index in [4.69, 9.17) is 9.84 Å². The van der Waals surface area contributed by atoms with E-state index < -0.39 is 5.97 Å². The Hall–Kier alpha value is -1.88. The summed E-state index contributed by atoms with van der Waals surface area (Å²) in [6.45, 7) is 0.195. The lowest BCUT2D eigenvalue weighted by molar-refractivity contribution is 0.0693. The van der Waals surface area contributed by atoms with Crippen LogP contribution in [0, 0.1) is 0 Å². The third-order valence-electron chi connectivity index (χ3n) is 2.33. The lowest BCUT2D eigenvalue weighted by Crippen LogP contribution is -2.06. The van der Waals surface area contributed by atoms with Crippen LogP contribution >= 0.6 is 15.9 Å². The molecule has 0 radical (unpaired) electrons. The summed E-state index contributed by atoms with van der Waals surface area (Å²) in [5.74, 6) is -0.325. The molecule has 1 N–H and O–H groups in total. The monoisotopic (exact) mass is 307 g/mol. The highest BCUT2D eigenvalue weighted by Crippen LogP contribution is 2.19. The molecule has 0 aliphatic rings. The van der Waals surface area contributed by atoms with Crippen LogP contribution in [0.5, 0.6) is 5.75 Å². The quantitative estimate of drug-likeness (QED) is 0.943. The number of pyridine rings is 1. The summed E-state index contributed by atoms with van der Waals surface area (Å²) in [6.07, 6.45) is 2.87. The zero-order chi connectivity index (χ0) is 13.0. The van der Waals surface area contributed by atoms with Gasteiger partial charge >= 0.3 is 5.97 Å². The van der Waals surface area contributed by atoms with Gasteiger partial charge in [0.15, 0.2) is 0 Å². The second-order valence-corrected chi connectivity index (χ2v) is 4.50. The topological polar surface area (TPSA) is 59.4 Å². The number of carboxylic acids is 1. The predicted molar refractivity (Wildman–Crippen MR) is 69.7 cm³/mol. The third-order valence-corrected chi connectivity index (χ3v) is 2.83. The first-order valence-electron chi connectivity index (χ1n) is 5.21. The number of nitrogens with zero attached hydrogens (tertiary/aromatic N) is 1. The van der Waals surface area contributed by atoms with Crippen LogP contribution in [0.1, 0.15) is 15.9 Å². The summed E-state index contributed by atoms with van der Waals surface area (Å²) in [4.78, 5) is 14.8. The SMILES string of the molecule is O=C(O)c1cnccc1COc1cccc(Br)c1. The molecule has 0 atom stereocenters. The molecule has 5 heteroatoms. The van der Waals surface area contributed by atoms with Crippen molar-refractivity contribution in [1.82, 2.24) is 4.98 Å². The number of carboxylic acid groups (broad SMARTS) is 1. The van der Waals surface area contributed by atoms with Crippen LogP contribution in [0.3, 0.4) is 0 Å². The van der Waals surface area contributed by atoms with Crippen LogP contribution in [-0.4, -0.2) is 16.1 Å². The maximum atomic E-state index is 11.0. The van der Waals surface area contributed by atoms with Gasteiger partial charge in [0.2, 0.25) is 0 Å². The Labute approximate surface area is 112 Å². The van der Waals surface area contributed by atoms with Gasteiger partial charge in [-0.3, -0.25) is 4.98 Å². The Morgan fingerprint density at radius 2 is 2.22 bits per heavy atom. The molecule has 18 heavy (non-hydrogen) atoms. The Morgan fingerprint density at radius 3 is 2.94 bits per heavy atom. The Morgan fingerprint density at radius 1 is 1.39 bits per heavy atom. The number of halogens is 1. The average Bonchev–Trinajstić information content (AvgIpc) is 2.37.